The SMILES string of the molecule is CCC(NC)C(O)(CC)c1ccccc1. The number of benzene rings is 1. The Kier molecular flexibility index (Phi) is 4.30. The molecular formula is C13H21NO. The van der Waals surface area contributed by atoms with Gasteiger partial charge < -0.3 is 10.4 Å². The van der Waals surface area contributed by atoms with Gasteiger partial charge in [-0.3, -0.25) is 0 Å². The molecule has 1 aromatic carbocycles. The Morgan fingerprint density at radius 2 is 1.87 bits per heavy atom. The maximum Gasteiger partial charge on any atom is 0.105 e. The largest absolute Gasteiger partial charge is 0.384 e. The Hall–Kier alpha value is -0.860. The predicted molar refractivity (Wildman–Crippen MR) is 63.8 cm³/mol. The lowest BCUT2D eigenvalue weighted by Crippen LogP contribution is -2.46. The molecule has 0 amide bonds. The maximum atomic E-state index is 10.7. The van der Waals surface area contributed by atoms with Gasteiger partial charge >= 0.3 is 0 Å². The van der Waals surface area contributed by atoms with Gasteiger partial charge in [-0.05, 0) is 25.5 Å². The minimum Gasteiger partial charge on any atom is -0.384 e. The highest BCUT2D eigenvalue weighted by Crippen LogP contribution is 2.29. The maximum absolute atomic E-state index is 10.7. The molecule has 2 heteroatoms. The van der Waals surface area contributed by atoms with Crippen LogP contribution in [0, 0.1) is 0 Å². The number of aliphatic hydroxyl groups is 1. The van der Waals surface area contributed by atoms with Crippen molar-refractivity contribution in [3.05, 3.63) is 35.9 Å². The summed E-state index contributed by atoms with van der Waals surface area (Å²) in [6.45, 7) is 4.11. The highest BCUT2D eigenvalue weighted by Gasteiger charge is 2.34. The van der Waals surface area contributed by atoms with Crippen molar-refractivity contribution in [1.82, 2.24) is 5.32 Å². The highest BCUT2D eigenvalue weighted by atomic mass is 16.3. The molecule has 0 aliphatic carbocycles. The van der Waals surface area contributed by atoms with E-state index in [9.17, 15) is 5.11 Å². The number of likely N-dealkylation sites (N-methyl/N-ethyl adjacent to an activating group) is 1. The van der Waals surface area contributed by atoms with E-state index < -0.39 is 5.60 Å². The Balaban J connectivity index is 3.04. The van der Waals surface area contributed by atoms with E-state index in [1.807, 2.05) is 44.3 Å². The van der Waals surface area contributed by atoms with Gasteiger partial charge in [0.2, 0.25) is 0 Å². The van der Waals surface area contributed by atoms with E-state index in [4.69, 9.17) is 0 Å². The lowest BCUT2D eigenvalue weighted by Gasteiger charge is -2.35. The van der Waals surface area contributed by atoms with Gasteiger partial charge in [-0.2, -0.15) is 0 Å². The summed E-state index contributed by atoms with van der Waals surface area (Å²) in [6.07, 6.45) is 1.63. The molecule has 0 heterocycles. The van der Waals surface area contributed by atoms with Crippen LogP contribution in [0.5, 0.6) is 0 Å². The molecule has 15 heavy (non-hydrogen) atoms. The second-order valence-corrected chi connectivity index (χ2v) is 3.89. The van der Waals surface area contributed by atoms with E-state index in [0.29, 0.717) is 0 Å². The van der Waals surface area contributed by atoms with Gasteiger partial charge in [-0.25, -0.2) is 0 Å². The van der Waals surface area contributed by atoms with Gasteiger partial charge in [0.1, 0.15) is 5.60 Å². The minimum atomic E-state index is -0.759. The van der Waals surface area contributed by atoms with Gasteiger partial charge in [-0.15, -0.1) is 0 Å². The summed E-state index contributed by atoms with van der Waals surface area (Å²) in [5.74, 6) is 0. The number of hydrogen-bond acceptors (Lipinski definition) is 2. The van der Waals surface area contributed by atoms with Crippen LogP contribution in [0.15, 0.2) is 30.3 Å². The van der Waals surface area contributed by atoms with Crippen LogP contribution >= 0.6 is 0 Å². The average molecular weight is 207 g/mol. The van der Waals surface area contributed by atoms with Crippen molar-refractivity contribution < 1.29 is 5.11 Å². The molecule has 1 rings (SSSR count). The minimum absolute atomic E-state index is 0.102. The fourth-order valence-corrected chi connectivity index (χ4v) is 2.16. The summed E-state index contributed by atoms with van der Waals surface area (Å²) >= 11 is 0. The fraction of sp³-hybridized carbons (Fsp3) is 0.538. The van der Waals surface area contributed by atoms with E-state index in [2.05, 4.69) is 12.2 Å². The summed E-state index contributed by atoms with van der Waals surface area (Å²) in [6, 6.07) is 9.99. The molecule has 84 valence electrons. The Bertz CT molecular complexity index is 282. The molecular weight excluding hydrogens is 186 g/mol. The molecule has 0 saturated carbocycles. The van der Waals surface area contributed by atoms with Crippen LogP contribution in [0.1, 0.15) is 32.3 Å². The topological polar surface area (TPSA) is 32.3 Å². The van der Waals surface area contributed by atoms with E-state index in [1.165, 1.54) is 0 Å². The molecule has 0 radical (unpaired) electrons. The first kappa shape index (κ1) is 12.2. The van der Waals surface area contributed by atoms with Crippen LogP contribution in [-0.4, -0.2) is 18.2 Å². The first-order chi connectivity index (χ1) is 7.19. The van der Waals surface area contributed by atoms with Crippen LogP contribution in [0.25, 0.3) is 0 Å². The fourth-order valence-electron chi connectivity index (χ4n) is 2.16. The molecule has 1 aromatic rings. The summed E-state index contributed by atoms with van der Waals surface area (Å²) in [5, 5.41) is 13.9. The van der Waals surface area contributed by atoms with E-state index in [1.54, 1.807) is 0 Å². The molecule has 0 aliphatic rings. The van der Waals surface area contributed by atoms with Gasteiger partial charge in [0.25, 0.3) is 0 Å². The van der Waals surface area contributed by atoms with Crippen LogP contribution in [0.3, 0.4) is 0 Å². The van der Waals surface area contributed by atoms with Crippen molar-refractivity contribution in [2.24, 2.45) is 0 Å². The average Bonchev–Trinajstić information content (AvgIpc) is 2.31. The Morgan fingerprint density at radius 1 is 1.27 bits per heavy atom. The van der Waals surface area contributed by atoms with Crippen molar-refractivity contribution in [1.29, 1.82) is 0 Å². The predicted octanol–water partition coefficient (Wildman–Crippen LogP) is 2.28. The zero-order valence-corrected chi connectivity index (χ0v) is 9.83. The van der Waals surface area contributed by atoms with Crippen LogP contribution < -0.4 is 5.32 Å². The van der Waals surface area contributed by atoms with Crippen LogP contribution in [-0.2, 0) is 5.60 Å². The van der Waals surface area contributed by atoms with Gasteiger partial charge in [-0.1, -0.05) is 44.2 Å². The van der Waals surface area contributed by atoms with E-state index >= 15 is 0 Å². The second kappa shape index (κ2) is 5.29. The van der Waals surface area contributed by atoms with Gasteiger partial charge in [0.05, 0.1) is 0 Å². The van der Waals surface area contributed by atoms with E-state index in [-0.39, 0.29) is 6.04 Å². The lowest BCUT2D eigenvalue weighted by molar-refractivity contribution is -0.00625. The van der Waals surface area contributed by atoms with Crippen molar-refractivity contribution in [2.75, 3.05) is 7.05 Å². The number of nitrogens with one attached hydrogen (secondary N) is 1. The molecule has 0 saturated heterocycles. The number of hydrogen-bond donors (Lipinski definition) is 2. The quantitative estimate of drug-likeness (QED) is 0.776. The third-order valence-electron chi connectivity index (χ3n) is 3.15. The summed E-state index contributed by atoms with van der Waals surface area (Å²) in [4.78, 5) is 0. The first-order valence-corrected chi connectivity index (χ1v) is 5.64. The molecule has 2 nitrogen and oxygen atoms in total. The molecule has 0 fully saturated rings. The molecule has 0 spiro atoms. The monoisotopic (exact) mass is 207 g/mol. The standard InChI is InChI=1S/C13H21NO/c1-4-12(14-3)13(15,5-2)11-9-7-6-8-10-11/h6-10,12,14-15H,4-5H2,1-3H3. The van der Waals surface area contributed by atoms with Crippen molar-refractivity contribution >= 4 is 0 Å². The number of rotatable bonds is 5. The highest BCUT2D eigenvalue weighted by molar-refractivity contribution is 5.24. The summed E-state index contributed by atoms with van der Waals surface area (Å²) < 4.78 is 0. The third-order valence-corrected chi connectivity index (χ3v) is 3.15. The Labute approximate surface area is 92.3 Å². The van der Waals surface area contributed by atoms with Gasteiger partial charge in [0.15, 0.2) is 0 Å². The first-order valence-electron chi connectivity index (χ1n) is 5.64. The zero-order chi connectivity index (χ0) is 11.3. The summed E-state index contributed by atoms with van der Waals surface area (Å²) in [7, 11) is 1.90. The zero-order valence-electron chi connectivity index (χ0n) is 9.83. The third kappa shape index (κ3) is 2.39. The van der Waals surface area contributed by atoms with E-state index in [0.717, 1.165) is 18.4 Å². The molecule has 0 bridgehead atoms. The normalized spacial score (nSPS) is 17.1. The summed E-state index contributed by atoms with van der Waals surface area (Å²) in [5.41, 5.74) is 0.235. The van der Waals surface area contributed by atoms with Gasteiger partial charge in [0, 0.05) is 6.04 Å². The molecule has 0 aromatic heterocycles. The Morgan fingerprint density at radius 3 is 2.27 bits per heavy atom. The molecule has 0 aliphatic heterocycles. The van der Waals surface area contributed by atoms with Crippen molar-refractivity contribution in [3.8, 4) is 0 Å². The van der Waals surface area contributed by atoms with Crippen LogP contribution in [0.2, 0.25) is 0 Å². The molecule has 2 N–H and O–H groups in total. The smallest absolute Gasteiger partial charge is 0.105 e. The lowest BCUT2D eigenvalue weighted by atomic mass is 9.83. The molecule has 2 atom stereocenters. The van der Waals surface area contributed by atoms with Crippen molar-refractivity contribution in [2.45, 2.75) is 38.3 Å². The van der Waals surface area contributed by atoms with Crippen LogP contribution in [0.4, 0.5) is 0 Å². The second-order valence-electron chi connectivity index (χ2n) is 3.89. The van der Waals surface area contributed by atoms with Crippen molar-refractivity contribution in [3.63, 3.8) is 0 Å². The molecule has 2 unspecified atom stereocenters.